The molecule has 0 aliphatic carbocycles. The molecule has 0 fully saturated rings. The van der Waals surface area contributed by atoms with Crippen molar-refractivity contribution in [3.63, 3.8) is 0 Å². The summed E-state index contributed by atoms with van der Waals surface area (Å²) in [4.78, 5) is 12.4. The largest absolute Gasteiger partial charge is 0.416 e. The number of hydrogen-bond acceptors (Lipinski definition) is 3. The fraction of sp³-hybridized carbons (Fsp3) is 0.190. The lowest BCUT2D eigenvalue weighted by atomic mass is 10.0. The Balaban J connectivity index is 1.95. The van der Waals surface area contributed by atoms with E-state index in [1.54, 1.807) is 6.07 Å². The molecule has 0 saturated carbocycles. The molecule has 0 spiro atoms. The molecule has 1 amide bonds. The molecule has 184 valence electrons. The third kappa shape index (κ3) is 5.37. The van der Waals surface area contributed by atoms with Gasteiger partial charge in [-0.2, -0.15) is 31.6 Å². The number of carbonyl (C=O) groups is 1. The highest BCUT2D eigenvalue weighted by atomic mass is 35.5. The molecule has 1 heterocycles. The fourth-order valence-electron chi connectivity index (χ4n) is 3.26. The molecule has 0 aliphatic rings. The molecule has 14 heteroatoms. The number of amidine groups is 1. The van der Waals surface area contributed by atoms with E-state index in [9.17, 15) is 39.9 Å². The second-order valence-corrected chi connectivity index (χ2v) is 7.53. The van der Waals surface area contributed by atoms with Gasteiger partial charge in [-0.1, -0.05) is 11.6 Å². The van der Waals surface area contributed by atoms with E-state index in [-0.39, 0.29) is 39.7 Å². The zero-order valence-corrected chi connectivity index (χ0v) is 17.7. The average molecular weight is 523 g/mol. The van der Waals surface area contributed by atoms with Gasteiger partial charge < -0.3 is 9.88 Å². The summed E-state index contributed by atoms with van der Waals surface area (Å²) < 4.78 is 106. The minimum atomic E-state index is -5.19. The predicted molar refractivity (Wildman–Crippen MR) is 108 cm³/mol. The monoisotopic (exact) mass is 522 g/mol. The second kappa shape index (κ2) is 9.18. The van der Waals surface area contributed by atoms with Gasteiger partial charge in [0.25, 0.3) is 12.3 Å². The zero-order valence-electron chi connectivity index (χ0n) is 17.0. The lowest BCUT2D eigenvalue weighted by Crippen LogP contribution is -2.33. The van der Waals surface area contributed by atoms with Gasteiger partial charge in [-0.05, 0) is 36.4 Å². The van der Waals surface area contributed by atoms with E-state index in [4.69, 9.17) is 22.3 Å². The third-order valence-electron chi connectivity index (χ3n) is 4.83. The minimum absolute atomic E-state index is 0.00877. The highest BCUT2D eigenvalue weighted by Crippen LogP contribution is 2.37. The molecule has 5 nitrogen and oxygen atoms in total. The molecule has 0 atom stereocenters. The van der Waals surface area contributed by atoms with Crippen molar-refractivity contribution in [3.8, 4) is 6.07 Å². The summed E-state index contributed by atoms with van der Waals surface area (Å²) in [5, 5.41) is 18.7. The van der Waals surface area contributed by atoms with Crippen LogP contribution >= 0.6 is 11.6 Å². The van der Waals surface area contributed by atoms with Gasteiger partial charge >= 0.3 is 12.4 Å². The number of halogens is 9. The summed E-state index contributed by atoms with van der Waals surface area (Å²) in [7, 11) is 0. The number of rotatable bonds is 4. The van der Waals surface area contributed by atoms with Crippen molar-refractivity contribution in [2.24, 2.45) is 0 Å². The Morgan fingerprint density at radius 3 is 2.11 bits per heavy atom. The van der Waals surface area contributed by atoms with Crippen LogP contribution < -0.4 is 5.32 Å². The summed E-state index contributed by atoms with van der Waals surface area (Å²) in [5.74, 6) is -2.28. The SMILES string of the molecule is N#Cc1ccc2c(cc(C(F)F)n2CC(=N)NC(=O)c2cc(C(F)(F)F)cc(C(F)(F)F)c2)c1Cl. The van der Waals surface area contributed by atoms with Gasteiger partial charge in [0.05, 0.1) is 39.5 Å². The van der Waals surface area contributed by atoms with E-state index in [1.807, 2.05) is 5.32 Å². The molecule has 0 radical (unpaired) electrons. The molecule has 0 aliphatic heterocycles. The van der Waals surface area contributed by atoms with Gasteiger partial charge in [-0.25, -0.2) is 8.78 Å². The minimum Gasteiger partial charge on any atom is -0.332 e. The van der Waals surface area contributed by atoms with E-state index in [0.717, 1.165) is 10.6 Å². The van der Waals surface area contributed by atoms with Crippen LogP contribution in [0.3, 0.4) is 0 Å². The Kier molecular flexibility index (Phi) is 6.81. The van der Waals surface area contributed by atoms with Crippen molar-refractivity contribution in [1.29, 1.82) is 10.7 Å². The number of nitrogens with zero attached hydrogens (tertiary/aromatic N) is 2. The maximum Gasteiger partial charge on any atom is 0.416 e. The number of nitrogens with one attached hydrogen (secondary N) is 2. The van der Waals surface area contributed by atoms with Crippen LogP contribution in [-0.4, -0.2) is 16.3 Å². The molecule has 0 saturated heterocycles. The Morgan fingerprint density at radius 2 is 1.63 bits per heavy atom. The lowest BCUT2D eigenvalue weighted by molar-refractivity contribution is -0.143. The molecule has 3 rings (SSSR count). The van der Waals surface area contributed by atoms with Crippen LogP contribution in [-0.2, 0) is 18.9 Å². The van der Waals surface area contributed by atoms with Crippen LogP contribution in [0.25, 0.3) is 10.9 Å². The quantitative estimate of drug-likeness (QED) is 0.231. The molecule has 1 aromatic heterocycles. The summed E-state index contributed by atoms with van der Waals surface area (Å²) >= 11 is 6.05. The Bertz CT molecular complexity index is 1340. The normalized spacial score (nSPS) is 12.1. The Morgan fingerprint density at radius 1 is 1.06 bits per heavy atom. The van der Waals surface area contributed by atoms with Gasteiger partial charge in [0, 0.05) is 10.9 Å². The molecule has 2 N–H and O–H groups in total. The van der Waals surface area contributed by atoms with Crippen LogP contribution in [0.1, 0.15) is 39.2 Å². The van der Waals surface area contributed by atoms with Crippen molar-refractivity contribution in [1.82, 2.24) is 9.88 Å². The van der Waals surface area contributed by atoms with Crippen molar-refractivity contribution < 1.29 is 39.9 Å². The molecule has 0 unspecified atom stereocenters. The van der Waals surface area contributed by atoms with Gasteiger partial charge in [-0.3, -0.25) is 10.2 Å². The van der Waals surface area contributed by atoms with Crippen LogP contribution in [0.5, 0.6) is 0 Å². The Hall–Kier alpha value is -3.66. The first-order valence-electron chi connectivity index (χ1n) is 9.31. The van der Waals surface area contributed by atoms with E-state index < -0.39 is 59.4 Å². The first kappa shape index (κ1) is 26.0. The van der Waals surface area contributed by atoms with Gasteiger partial charge in [0.15, 0.2) is 0 Å². The third-order valence-corrected chi connectivity index (χ3v) is 5.23. The zero-order chi connectivity index (χ0) is 26.3. The van der Waals surface area contributed by atoms with Crippen molar-refractivity contribution in [2.45, 2.75) is 25.3 Å². The smallest absolute Gasteiger partial charge is 0.332 e. The molecule has 0 bridgehead atoms. The first-order valence-corrected chi connectivity index (χ1v) is 9.69. The molecule has 3 aromatic rings. The summed E-state index contributed by atoms with van der Waals surface area (Å²) in [6.45, 7) is -0.734. The van der Waals surface area contributed by atoms with Gasteiger partial charge in [-0.15, -0.1) is 0 Å². The molecule has 2 aromatic carbocycles. The number of nitriles is 1. The predicted octanol–water partition coefficient (Wildman–Crippen LogP) is 6.55. The number of fused-ring (bicyclic) bond motifs is 1. The standard InChI is InChI=1S/C21H11ClF8N4O/c22-17-9(7-31)1-2-14-13(17)6-15(18(23)24)34(14)8-16(32)33-19(35)10-3-11(20(25,26)27)5-12(4-10)21(28,29)30/h1-6,18H,8H2,(H2,32,33,35). The van der Waals surface area contributed by atoms with Crippen molar-refractivity contribution in [3.05, 3.63) is 69.4 Å². The van der Waals surface area contributed by atoms with Crippen molar-refractivity contribution in [2.75, 3.05) is 0 Å². The molecule has 35 heavy (non-hydrogen) atoms. The van der Waals surface area contributed by atoms with E-state index in [1.165, 1.54) is 12.1 Å². The molecular weight excluding hydrogens is 512 g/mol. The number of carbonyl (C=O) groups excluding carboxylic acids is 1. The van der Waals surface area contributed by atoms with E-state index in [2.05, 4.69) is 0 Å². The highest BCUT2D eigenvalue weighted by Gasteiger charge is 2.37. The van der Waals surface area contributed by atoms with Crippen molar-refractivity contribution >= 4 is 34.2 Å². The van der Waals surface area contributed by atoms with Gasteiger partial charge in [0.1, 0.15) is 11.9 Å². The average Bonchev–Trinajstić information content (AvgIpc) is 3.11. The summed E-state index contributed by atoms with van der Waals surface area (Å²) in [5.41, 5.74) is -5.10. The summed E-state index contributed by atoms with van der Waals surface area (Å²) in [6, 6.07) is 5.44. The lowest BCUT2D eigenvalue weighted by Gasteiger charge is -2.15. The number of amides is 1. The maximum absolute atomic E-state index is 13.6. The van der Waals surface area contributed by atoms with E-state index >= 15 is 0 Å². The Labute approximate surface area is 196 Å². The molecular formula is C21H11ClF8N4O. The van der Waals surface area contributed by atoms with Gasteiger partial charge in [0.2, 0.25) is 0 Å². The van der Waals surface area contributed by atoms with Crippen LogP contribution in [0, 0.1) is 16.7 Å². The first-order chi connectivity index (χ1) is 16.1. The van der Waals surface area contributed by atoms with Crippen LogP contribution in [0.4, 0.5) is 35.1 Å². The fourth-order valence-corrected chi connectivity index (χ4v) is 3.51. The number of hydrogen-bond donors (Lipinski definition) is 2. The number of aromatic nitrogens is 1. The number of alkyl halides is 8. The summed E-state index contributed by atoms with van der Waals surface area (Å²) in [6.07, 6.45) is -13.5. The van der Waals surface area contributed by atoms with E-state index in [0.29, 0.717) is 0 Å². The maximum atomic E-state index is 13.6. The second-order valence-electron chi connectivity index (χ2n) is 7.15. The topological polar surface area (TPSA) is 81.7 Å². The van der Waals surface area contributed by atoms with Crippen LogP contribution in [0.15, 0.2) is 36.4 Å². The highest BCUT2D eigenvalue weighted by molar-refractivity contribution is 6.36. The van der Waals surface area contributed by atoms with Crippen LogP contribution in [0.2, 0.25) is 5.02 Å². The number of benzene rings is 2.